The fourth-order valence-electron chi connectivity index (χ4n) is 3.10. The van der Waals surface area contributed by atoms with Crippen LogP contribution in [0.5, 0.6) is 0 Å². The number of hydrogen-bond donors (Lipinski definition) is 1. The third-order valence-electron chi connectivity index (χ3n) is 4.09. The van der Waals surface area contributed by atoms with E-state index in [0.29, 0.717) is 5.69 Å². The first kappa shape index (κ1) is 12.8. The number of aromatic nitrogens is 1. The molecule has 0 unspecified atom stereocenters. The minimum Gasteiger partial charge on any atom is -0.477 e. The lowest BCUT2D eigenvalue weighted by molar-refractivity contribution is 0.0690. The SMILES string of the molecule is O=C(O)c1cccc(-c2cccc3c2Cc2ccccc2-3)n1. The van der Waals surface area contributed by atoms with Gasteiger partial charge in [0.25, 0.3) is 0 Å². The van der Waals surface area contributed by atoms with E-state index in [9.17, 15) is 4.79 Å². The highest BCUT2D eigenvalue weighted by molar-refractivity contribution is 5.87. The summed E-state index contributed by atoms with van der Waals surface area (Å²) in [5.74, 6) is -1.00. The number of rotatable bonds is 2. The number of benzene rings is 2. The fraction of sp³-hybridized carbons (Fsp3) is 0.0526. The molecule has 0 amide bonds. The molecule has 0 fully saturated rings. The van der Waals surface area contributed by atoms with Crippen molar-refractivity contribution in [3.05, 3.63) is 77.5 Å². The van der Waals surface area contributed by atoms with Crippen molar-refractivity contribution in [1.82, 2.24) is 4.98 Å². The molecule has 1 aromatic heterocycles. The van der Waals surface area contributed by atoms with Gasteiger partial charge in [-0.1, -0.05) is 48.5 Å². The molecule has 3 aromatic rings. The number of carboxylic acid groups (broad SMARTS) is 1. The normalized spacial score (nSPS) is 11.8. The van der Waals surface area contributed by atoms with E-state index in [1.54, 1.807) is 6.07 Å². The van der Waals surface area contributed by atoms with Gasteiger partial charge in [0.05, 0.1) is 5.69 Å². The zero-order valence-corrected chi connectivity index (χ0v) is 11.8. The van der Waals surface area contributed by atoms with Gasteiger partial charge >= 0.3 is 5.97 Å². The second-order valence-electron chi connectivity index (χ2n) is 5.38. The Balaban J connectivity index is 1.89. The monoisotopic (exact) mass is 287 g/mol. The Bertz CT molecular complexity index is 899. The van der Waals surface area contributed by atoms with Crippen LogP contribution in [0.1, 0.15) is 21.6 Å². The largest absolute Gasteiger partial charge is 0.477 e. The molecule has 22 heavy (non-hydrogen) atoms. The van der Waals surface area contributed by atoms with Crippen LogP contribution in [0.2, 0.25) is 0 Å². The molecule has 1 N–H and O–H groups in total. The molecule has 1 heterocycles. The van der Waals surface area contributed by atoms with Crippen LogP contribution < -0.4 is 0 Å². The zero-order valence-electron chi connectivity index (χ0n) is 11.8. The number of pyridine rings is 1. The topological polar surface area (TPSA) is 50.2 Å². The van der Waals surface area contributed by atoms with Crippen LogP contribution in [-0.4, -0.2) is 16.1 Å². The predicted octanol–water partition coefficient (Wildman–Crippen LogP) is 4.02. The lowest BCUT2D eigenvalue weighted by Crippen LogP contribution is -2.01. The average Bonchev–Trinajstić information content (AvgIpc) is 2.93. The molecule has 106 valence electrons. The smallest absolute Gasteiger partial charge is 0.354 e. The standard InChI is InChI=1S/C19H13NO2/c21-19(22)18-10-4-9-17(20-18)15-8-3-7-14-13-6-2-1-5-12(13)11-16(14)15/h1-10H,11H2,(H,21,22). The summed E-state index contributed by atoms with van der Waals surface area (Å²) in [5.41, 5.74) is 6.80. The summed E-state index contributed by atoms with van der Waals surface area (Å²) in [6, 6.07) is 19.6. The second-order valence-corrected chi connectivity index (χ2v) is 5.38. The van der Waals surface area contributed by atoms with E-state index in [1.807, 2.05) is 30.3 Å². The number of fused-ring (bicyclic) bond motifs is 3. The Morgan fingerprint density at radius 3 is 2.45 bits per heavy atom. The third-order valence-corrected chi connectivity index (χ3v) is 4.09. The molecule has 0 aliphatic heterocycles. The molecule has 1 aliphatic carbocycles. The minimum absolute atomic E-state index is 0.0746. The number of carbonyl (C=O) groups is 1. The highest BCUT2D eigenvalue weighted by Crippen LogP contribution is 2.40. The molecule has 0 saturated heterocycles. The van der Waals surface area contributed by atoms with Gasteiger partial charge in [-0.25, -0.2) is 9.78 Å². The van der Waals surface area contributed by atoms with Gasteiger partial charge in [-0.3, -0.25) is 0 Å². The third kappa shape index (κ3) is 1.91. The van der Waals surface area contributed by atoms with Crippen LogP contribution >= 0.6 is 0 Å². The Morgan fingerprint density at radius 1 is 0.864 bits per heavy atom. The van der Waals surface area contributed by atoms with E-state index in [2.05, 4.69) is 23.2 Å². The second kappa shape index (κ2) is 4.81. The van der Waals surface area contributed by atoms with Gasteiger partial charge in [-0.05, 0) is 40.8 Å². The van der Waals surface area contributed by atoms with Crippen molar-refractivity contribution < 1.29 is 9.90 Å². The molecule has 0 saturated carbocycles. The van der Waals surface area contributed by atoms with Gasteiger partial charge < -0.3 is 5.11 Å². The summed E-state index contributed by atoms with van der Waals surface area (Å²) in [6.07, 6.45) is 0.862. The first-order chi connectivity index (χ1) is 10.7. The number of carboxylic acids is 1. The van der Waals surface area contributed by atoms with Crippen LogP contribution in [0, 0.1) is 0 Å². The van der Waals surface area contributed by atoms with Gasteiger partial charge in [0.1, 0.15) is 5.69 Å². The summed E-state index contributed by atoms with van der Waals surface area (Å²) in [6.45, 7) is 0. The van der Waals surface area contributed by atoms with Crippen LogP contribution in [0.25, 0.3) is 22.4 Å². The van der Waals surface area contributed by atoms with Gasteiger partial charge in [0.15, 0.2) is 0 Å². The first-order valence-corrected chi connectivity index (χ1v) is 7.15. The van der Waals surface area contributed by atoms with Gasteiger partial charge in [-0.15, -0.1) is 0 Å². The maximum Gasteiger partial charge on any atom is 0.354 e. The molecule has 2 aromatic carbocycles. The molecule has 3 heteroatoms. The van der Waals surface area contributed by atoms with Crippen LogP contribution in [0.15, 0.2) is 60.7 Å². The van der Waals surface area contributed by atoms with Crippen molar-refractivity contribution >= 4 is 5.97 Å². The molecule has 0 spiro atoms. The quantitative estimate of drug-likeness (QED) is 0.606. The lowest BCUT2D eigenvalue weighted by atomic mass is 9.98. The first-order valence-electron chi connectivity index (χ1n) is 7.15. The average molecular weight is 287 g/mol. The van der Waals surface area contributed by atoms with Crippen molar-refractivity contribution in [1.29, 1.82) is 0 Å². The molecule has 3 nitrogen and oxygen atoms in total. The molecule has 0 bridgehead atoms. The van der Waals surface area contributed by atoms with E-state index >= 15 is 0 Å². The highest BCUT2D eigenvalue weighted by atomic mass is 16.4. The maximum atomic E-state index is 11.1. The number of aromatic carboxylic acids is 1. The van der Waals surface area contributed by atoms with E-state index in [-0.39, 0.29) is 5.69 Å². The van der Waals surface area contributed by atoms with Gasteiger partial charge in [0, 0.05) is 5.56 Å². The van der Waals surface area contributed by atoms with Crippen LogP contribution in [0.4, 0.5) is 0 Å². The molecule has 0 atom stereocenters. The Hall–Kier alpha value is -2.94. The lowest BCUT2D eigenvalue weighted by Gasteiger charge is -2.08. The van der Waals surface area contributed by atoms with Gasteiger partial charge in [-0.2, -0.15) is 0 Å². The molecule has 4 rings (SSSR count). The summed E-state index contributed by atoms with van der Waals surface area (Å²) >= 11 is 0. The number of hydrogen-bond acceptors (Lipinski definition) is 2. The molecular weight excluding hydrogens is 274 g/mol. The van der Waals surface area contributed by atoms with E-state index < -0.39 is 5.97 Å². The zero-order chi connectivity index (χ0) is 15.1. The molecule has 0 radical (unpaired) electrons. The highest BCUT2D eigenvalue weighted by Gasteiger charge is 2.21. The number of nitrogens with zero attached hydrogens (tertiary/aromatic N) is 1. The van der Waals surface area contributed by atoms with E-state index in [0.717, 1.165) is 12.0 Å². The van der Waals surface area contributed by atoms with Gasteiger partial charge in [0.2, 0.25) is 0 Å². The summed E-state index contributed by atoms with van der Waals surface area (Å²) in [5, 5.41) is 9.13. The van der Waals surface area contributed by atoms with Crippen molar-refractivity contribution in [3.8, 4) is 22.4 Å². The van der Waals surface area contributed by atoms with Crippen molar-refractivity contribution in [2.24, 2.45) is 0 Å². The summed E-state index contributed by atoms with van der Waals surface area (Å²) in [7, 11) is 0. The van der Waals surface area contributed by atoms with Crippen LogP contribution in [0.3, 0.4) is 0 Å². The maximum absolute atomic E-state index is 11.1. The summed E-state index contributed by atoms with van der Waals surface area (Å²) < 4.78 is 0. The minimum atomic E-state index is -1.00. The van der Waals surface area contributed by atoms with E-state index in [1.165, 1.54) is 28.3 Å². The van der Waals surface area contributed by atoms with Crippen molar-refractivity contribution in [2.45, 2.75) is 6.42 Å². The molecule has 1 aliphatic rings. The Labute approximate surface area is 127 Å². The Morgan fingerprint density at radius 2 is 1.59 bits per heavy atom. The van der Waals surface area contributed by atoms with Crippen LogP contribution in [-0.2, 0) is 6.42 Å². The van der Waals surface area contributed by atoms with Crippen molar-refractivity contribution in [3.63, 3.8) is 0 Å². The fourth-order valence-corrected chi connectivity index (χ4v) is 3.10. The predicted molar refractivity (Wildman–Crippen MR) is 84.9 cm³/mol. The van der Waals surface area contributed by atoms with Crippen molar-refractivity contribution in [2.75, 3.05) is 0 Å². The Kier molecular flexibility index (Phi) is 2.79. The summed E-state index contributed by atoms with van der Waals surface area (Å²) in [4.78, 5) is 15.4. The van der Waals surface area contributed by atoms with E-state index in [4.69, 9.17) is 5.11 Å². The molecular formula is C19H13NO2.